The van der Waals surface area contributed by atoms with Gasteiger partial charge in [-0.2, -0.15) is 0 Å². The van der Waals surface area contributed by atoms with Crippen LogP contribution in [-0.4, -0.2) is 17.7 Å². The molecule has 2 aromatic carbocycles. The number of nitrogens with one attached hydrogen (secondary N) is 1. The van der Waals surface area contributed by atoms with Crippen molar-refractivity contribution in [3.63, 3.8) is 0 Å². The van der Waals surface area contributed by atoms with Crippen LogP contribution in [-0.2, 0) is 0 Å². The molecular weight excluding hydrogens is 222 g/mol. The number of fused-ring (bicyclic) bond motifs is 1. The molecule has 2 nitrogen and oxygen atoms in total. The molecular formula is C16H19NO. The maximum absolute atomic E-state index is 10.4. The largest absolute Gasteiger partial charge is 0.387 e. The number of rotatable bonds is 2. The van der Waals surface area contributed by atoms with Crippen LogP contribution in [0.3, 0.4) is 0 Å². The Balaban J connectivity index is 1.88. The summed E-state index contributed by atoms with van der Waals surface area (Å²) in [5.41, 5.74) is 1.02. The summed E-state index contributed by atoms with van der Waals surface area (Å²) in [6, 6.07) is 14.7. The van der Waals surface area contributed by atoms with Crippen LogP contribution in [0, 0.1) is 0 Å². The number of piperidine rings is 1. The molecule has 1 heterocycles. The van der Waals surface area contributed by atoms with E-state index in [4.69, 9.17) is 0 Å². The molecule has 0 aliphatic carbocycles. The summed E-state index contributed by atoms with van der Waals surface area (Å²) in [7, 11) is 0. The molecule has 1 saturated heterocycles. The third-order valence-electron chi connectivity index (χ3n) is 3.84. The second-order valence-electron chi connectivity index (χ2n) is 5.11. The molecule has 2 heteroatoms. The van der Waals surface area contributed by atoms with Crippen LogP contribution >= 0.6 is 0 Å². The van der Waals surface area contributed by atoms with E-state index < -0.39 is 6.10 Å². The Kier molecular flexibility index (Phi) is 3.31. The summed E-state index contributed by atoms with van der Waals surface area (Å²) in [6.07, 6.45) is 3.10. The van der Waals surface area contributed by atoms with Crippen molar-refractivity contribution in [3.8, 4) is 0 Å². The standard InChI is InChI=1S/C16H19NO/c18-16(15-7-3-4-10-17-15)14-9-8-12-5-1-2-6-13(12)11-14/h1-2,5-6,8-9,11,15-18H,3-4,7,10H2. The first-order valence-electron chi connectivity index (χ1n) is 6.75. The van der Waals surface area contributed by atoms with Gasteiger partial charge in [0.1, 0.15) is 0 Å². The molecule has 0 bridgehead atoms. The van der Waals surface area contributed by atoms with Gasteiger partial charge in [-0.3, -0.25) is 0 Å². The maximum atomic E-state index is 10.4. The molecule has 18 heavy (non-hydrogen) atoms. The van der Waals surface area contributed by atoms with Crippen molar-refractivity contribution in [1.82, 2.24) is 5.32 Å². The van der Waals surface area contributed by atoms with Gasteiger partial charge in [-0.25, -0.2) is 0 Å². The first-order chi connectivity index (χ1) is 8.84. The third kappa shape index (κ3) is 2.26. The van der Waals surface area contributed by atoms with Gasteiger partial charge in [0.05, 0.1) is 6.10 Å². The van der Waals surface area contributed by atoms with E-state index in [0.29, 0.717) is 0 Å². The van der Waals surface area contributed by atoms with E-state index in [9.17, 15) is 5.11 Å². The molecule has 2 aromatic rings. The summed E-state index contributed by atoms with van der Waals surface area (Å²) >= 11 is 0. The van der Waals surface area contributed by atoms with E-state index in [1.54, 1.807) is 0 Å². The van der Waals surface area contributed by atoms with E-state index in [0.717, 1.165) is 18.5 Å². The lowest BCUT2D eigenvalue weighted by molar-refractivity contribution is 0.114. The van der Waals surface area contributed by atoms with Gasteiger partial charge in [0.15, 0.2) is 0 Å². The van der Waals surface area contributed by atoms with Gasteiger partial charge in [0.2, 0.25) is 0 Å². The van der Waals surface area contributed by atoms with Crippen molar-refractivity contribution in [3.05, 3.63) is 48.0 Å². The van der Waals surface area contributed by atoms with E-state index in [2.05, 4.69) is 29.6 Å². The van der Waals surface area contributed by atoms with Crippen LogP contribution in [0.5, 0.6) is 0 Å². The van der Waals surface area contributed by atoms with Gasteiger partial charge in [-0.05, 0) is 41.8 Å². The molecule has 0 radical (unpaired) electrons. The molecule has 3 rings (SSSR count). The first-order valence-corrected chi connectivity index (χ1v) is 6.75. The topological polar surface area (TPSA) is 32.3 Å². The lowest BCUT2D eigenvalue weighted by atomic mass is 9.93. The smallest absolute Gasteiger partial charge is 0.0943 e. The monoisotopic (exact) mass is 241 g/mol. The number of aliphatic hydroxyl groups is 1. The highest BCUT2D eigenvalue weighted by Gasteiger charge is 2.22. The molecule has 2 N–H and O–H groups in total. The van der Waals surface area contributed by atoms with Crippen molar-refractivity contribution < 1.29 is 5.11 Å². The fraction of sp³-hybridized carbons (Fsp3) is 0.375. The van der Waals surface area contributed by atoms with E-state index in [-0.39, 0.29) is 6.04 Å². The Morgan fingerprint density at radius 1 is 1.06 bits per heavy atom. The Labute approximate surface area is 108 Å². The highest BCUT2D eigenvalue weighted by Crippen LogP contribution is 2.25. The zero-order chi connectivity index (χ0) is 12.4. The average Bonchev–Trinajstić information content (AvgIpc) is 2.47. The van der Waals surface area contributed by atoms with E-state index in [1.165, 1.54) is 23.6 Å². The average molecular weight is 241 g/mol. The zero-order valence-corrected chi connectivity index (χ0v) is 10.5. The molecule has 1 fully saturated rings. The Morgan fingerprint density at radius 3 is 2.67 bits per heavy atom. The number of benzene rings is 2. The number of hydrogen-bond acceptors (Lipinski definition) is 2. The van der Waals surface area contributed by atoms with Crippen LogP contribution in [0.2, 0.25) is 0 Å². The van der Waals surface area contributed by atoms with E-state index in [1.807, 2.05) is 18.2 Å². The second kappa shape index (κ2) is 5.09. The van der Waals surface area contributed by atoms with Crippen LogP contribution < -0.4 is 5.32 Å². The first kappa shape index (κ1) is 11.7. The van der Waals surface area contributed by atoms with Gasteiger partial charge in [0.25, 0.3) is 0 Å². The lowest BCUT2D eigenvalue weighted by Crippen LogP contribution is -2.38. The van der Waals surface area contributed by atoms with Crippen LogP contribution in [0.1, 0.15) is 30.9 Å². The Bertz CT molecular complexity index is 531. The fourth-order valence-corrected chi connectivity index (χ4v) is 2.77. The van der Waals surface area contributed by atoms with Gasteiger partial charge < -0.3 is 10.4 Å². The third-order valence-corrected chi connectivity index (χ3v) is 3.84. The summed E-state index contributed by atoms with van der Waals surface area (Å²) < 4.78 is 0. The molecule has 1 aliphatic heterocycles. The highest BCUT2D eigenvalue weighted by atomic mass is 16.3. The molecule has 0 spiro atoms. The van der Waals surface area contributed by atoms with Crippen molar-refractivity contribution in [2.75, 3.05) is 6.54 Å². The predicted molar refractivity (Wildman–Crippen MR) is 74.5 cm³/mol. The number of aliphatic hydroxyl groups excluding tert-OH is 1. The Morgan fingerprint density at radius 2 is 1.89 bits per heavy atom. The van der Waals surface area contributed by atoms with Gasteiger partial charge in [-0.1, -0.05) is 42.8 Å². The van der Waals surface area contributed by atoms with Gasteiger partial charge in [0, 0.05) is 6.04 Å². The normalized spacial score (nSPS) is 21.9. The summed E-state index contributed by atoms with van der Waals surface area (Å²) in [5, 5.41) is 16.3. The van der Waals surface area contributed by atoms with Crippen molar-refractivity contribution in [2.24, 2.45) is 0 Å². The molecule has 94 valence electrons. The lowest BCUT2D eigenvalue weighted by Gasteiger charge is -2.28. The van der Waals surface area contributed by atoms with Crippen molar-refractivity contribution >= 4 is 10.8 Å². The van der Waals surface area contributed by atoms with Crippen molar-refractivity contribution in [1.29, 1.82) is 0 Å². The van der Waals surface area contributed by atoms with Crippen LogP contribution in [0.25, 0.3) is 10.8 Å². The molecule has 1 aliphatic rings. The van der Waals surface area contributed by atoms with Crippen LogP contribution in [0.4, 0.5) is 0 Å². The molecule has 2 unspecified atom stereocenters. The maximum Gasteiger partial charge on any atom is 0.0943 e. The Hall–Kier alpha value is -1.38. The minimum absolute atomic E-state index is 0.208. The van der Waals surface area contributed by atoms with E-state index >= 15 is 0 Å². The summed E-state index contributed by atoms with van der Waals surface area (Å²) in [5.74, 6) is 0. The molecule has 0 aromatic heterocycles. The number of hydrogen-bond donors (Lipinski definition) is 2. The summed E-state index contributed by atoms with van der Waals surface area (Å²) in [6.45, 7) is 1.02. The predicted octanol–water partition coefficient (Wildman–Crippen LogP) is 3.02. The molecule has 0 amide bonds. The fourth-order valence-electron chi connectivity index (χ4n) is 2.77. The van der Waals surface area contributed by atoms with Gasteiger partial charge >= 0.3 is 0 Å². The quantitative estimate of drug-likeness (QED) is 0.847. The zero-order valence-electron chi connectivity index (χ0n) is 10.5. The minimum Gasteiger partial charge on any atom is -0.387 e. The molecule has 2 atom stereocenters. The molecule has 0 saturated carbocycles. The second-order valence-corrected chi connectivity index (χ2v) is 5.11. The SMILES string of the molecule is OC(c1ccc2ccccc2c1)C1CCCCN1. The highest BCUT2D eigenvalue weighted by molar-refractivity contribution is 5.83. The summed E-state index contributed by atoms with van der Waals surface area (Å²) in [4.78, 5) is 0. The van der Waals surface area contributed by atoms with Crippen LogP contribution in [0.15, 0.2) is 42.5 Å². The minimum atomic E-state index is -0.394. The van der Waals surface area contributed by atoms with Crippen molar-refractivity contribution in [2.45, 2.75) is 31.4 Å². The van der Waals surface area contributed by atoms with Gasteiger partial charge in [-0.15, -0.1) is 0 Å².